The molecule has 1 aromatic rings. The first-order valence-corrected chi connectivity index (χ1v) is 6.81. The van der Waals surface area contributed by atoms with Crippen molar-refractivity contribution in [2.75, 3.05) is 26.2 Å². The van der Waals surface area contributed by atoms with Gasteiger partial charge in [0.05, 0.1) is 6.42 Å². The lowest BCUT2D eigenvalue weighted by Crippen LogP contribution is -2.46. The molecule has 1 atom stereocenters. The van der Waals surface area contributed by atoms with Crippen LogP contribution in [-0.4, -0.2) is 37.3 Å². The van der Waals surface area contributed by atoms with Gasteiger partial charge in [0.1, 0.15) is 11.6 Å². The molecule has 0 unspecified atom stereocenters. The number of benzene rings is 1. The van der Waals surface area contributed by atoms with Gasteiger partial charge < -0.3 is 5.32 Å². The van der Waals surface area contributed by atoms with E-state index in [1.807, 2.05) is 0 Å². The third-order valence-corrected chi connectivity index (χ3v) is 3.61. The van der Waals surface area contributed by atoms with Crippen molar-refractivity contribution in [3.63, 3.8) is 0 Å². The zero-order chi connectivity index (χ0) is 15.6. The molecular formula is C13H15Cl2F5N2. The second kappa shape index (κ2) is 7.77. The molecule has 2 nitrogen and oxygen atoms in total. The highest BCUT2D eigenvalue weighted by molar-refractivity contribution is 6.30. The topological polar surface area (TPSA) is 15.3 Å². The van der Waals surface area contributed by atoms with Crippen LogP contribution < -0.4 is 5.32 Å². The van der Waals surface area contributed by atoms with Gasteiger partial charge in [0.15, 0.2) is 0 Å². The maximum atomic E-state index is 14.0. The molecule has 0 radical (unpaired) electrons. The summed E-state index contributed by atoms with van der Waals surface area (Å²) in [6.07, 6.45) is -5.82. The van der Waals surface area contributed by atoms with Crippen LogP contribution in [0, 0.1) is 11.6 Å². The van der Waals surface area contributed by atoms with Gasteiger partial charge in [-0.3, -0.25) is 4.90 Å². The number of piperazine rings is 1. The summed E-state index contributed by atoms with van der Waals surface area (Å²) in [5.41, 5.74) is -0.571. The van der Waals surface area contributed by atoms with Gasteiger partial charge in [-0.05, 0) is 12.1 Å². The van der Waals surface area contributed by atoms with Crippen LogP contribution in [0.3, 0.4) is 0 Å². The number of nitrogens with zero attached hydrogens (tertiary/aromatic N) is 1. The fraction of sp³-hybridized carbons (Fsp3) is 0.538. The Morgan fingerprint density at radius 3 is 2.09 bits per heavy atom. The summed E-state index contributed by atoms with van der Waals surface area (Å²) in [5, 5.41) is 2.81. The predicted molar refractivity (Wildman–Crippen MR) is 76.5 cm³/mol. The Morgan fingerprint density at radius 2 is 1.64 bits per heavy atom. The number of rotatable bonds is 3. The molecule has 1 aliphatic rings. The largest absolute Gasteiger partial charge is 0.390 e. The zero-order valence-corrected chi connectivity index (χ0v) is 13.0. The number of hydrogen-bond donors (Lipinski definition) is 1. The second-order valence-corrected chi connectivity index (χ2v) is 5.34. The third-order valence-electron chi connectivity index (χ3n) is 3.39. The van der Waals surface area contributed by atoms with Crippen molar-refractivity contribution >= 4 is 24.0 Å². The van der Waals surface area contributed by atoms with Crippen LogP contribution in [0.5, 0.6) is 0 Å². The van der Waals surface area contributed by atoms with Gasteiger partial charge in [-0.1, -0.05) is 11.6 Å². The van der Waals surface area contributed by atoms with Crippen molar-refractivity contribution in [3.8, 4) is 0 Å². The average molecular weight is 365 g/mol. The summed E-state index contributed by atoms with van der Waals surface area (Å²) in [6.45, 7) is 1.54. The molecule has 2 rings (SSSR count). The molecule has 0 spiro atoms. The highest BCUT2D eigenvalue weighted by Crippen LogP contribution is 2.37. The Labute approximate surface area is 136 Å². The lowest BCUT2D eigenvalue weighted by Gasteiger charge is -2.35. The van der Waals surface area contributed by atoms with E-state index >= 15 is 0 Å². The van der Waals surface area contributed by atoms with Crippen LogP contribution in [0.1, 0.15) is 18.0 Å². The Bertz CT molecular complexity index is 481. The Hall–Kier alpha value is -0.630. The molecule has 22 heavy (non-hydrogen) atoms. The van der Waals surface area contributed by atoms with E-state index in [0.29, 0.717) is 26.2 Å². The molecule has 1 N–H and O–H groups in total. The molecule has 1 aromatic carbocycles. The van der Waals surface area contributed by atoms with Gasteiger partial charge in [-0.15, -0.1) is 12.4 Å². The van der Waals surface area contributed by atoms with Crippen LogP contribution in [0.2, 0.25) is 5.02 Å². The Morgan fingerprint density at radius 1 is 1.14 bits per heavy atom. The van der Waals surface area contributed by atoms with E-state index in [4.69, 9.17) is 11.6 Å². The van der Waals surface area contributed by atoms with Crippen LogP contribution >= 0.6 is 24.0 Å². The molecular weight excluding hydrogens is 350 g/mol. The fourth-order valence-corrected chi connectivity index (χ4v) is 2.69. The molecule has 0 amide bonds. The lowest BCUT2D eigenvalue weighted by atomic mass is 9.99. The molecule has 1 saturated heterocycles. The summed E-state index contributed by atoms with van der Waals surface area (Å²) in [6, 6.07) is 0.293. The van der Waals surface area contributed by atoms with Crippen LogP contribution in [0.4, 0.5) is 22.0 Å². The molecule has 9 heteroatoms. The van der Waals surface area contributed by atoms with Gasteiger partial charge in [-0.25, -0.2) is 8.78 Å². The van der Waals surface area contributed by atoms with Gasteiger partial charge in [0, 0.05) is 42.8 Å². The summed E-state index contributed by atoms with van der Waals surface area (Å²) in [7, 11) is 0. The minimum absolute atomic E-state index is 0. The molecule has 126 valence electrons. The highest BCUT2D eigenvalue weighted by Gasteiger charge is 2.38. The zero-order valence-electron chi connectivity index (χ0n) is 11.4. The van der Waals surface area contributed by atoms with E-state index in [9.17, 15) is 22.0 Å². The van der Waals surface area contributed by atoms with Gasteiger partial charge >= 0.3 is 6.18 Å². The van der Waals surface area contributed by atoms with Crippen molar-refractivity contribution in [2.24, 2.45) is 0 Å². The van der Waals surface area contributed by atoms with Crippen LogP contribution in [-0.2, 0) is 0 Å². The van der Waals surface area contributed by atoms with Crippen LogP contribution in [0.15, 0.2) is 12.1 Å². The molecule has 1 aliphatic heterocycles. The number of hydrogen-bond acceptors (Lipinski definition) is 2. The maximum Gasteiger partial charge on any atom is 0.390 e. The molecule has 0 aromatic heterocycles. The Balaban J connectivity index is 0.00000242. The van der Waals surface area contributed by atoms with Gasteiger partial charge in [-0.2, -0.15) is 13.2 Å². The maximum absolute atomic E-state index is 14.0. The summed E-state index contributed by atoms with van der Waals surface area (Å²) in [5.74, 6) is -2.10. The normalized spacial score (nSPS) is 17.9. The van der Waals surface area contributed by atoms with Gasteiger partial charge in [0.2, 0.25) is 0 Å². The quantitative estimate of drug-likeness (QED) is 0.817. The highest BCUT2D eigenvalue weighted by atomic mass is 35.5. The smallest absolute Gasteiger partial charge is 0.314 e. The average Bonchev–Trinajstić information content (AvgIpc) is 2.36. The van der Waals surface area contributed by atoms with Crippen molar-refractivity contribution in [3.05, 3.63) is 34.4 Å². The first kappa shape index (κ1) is 19.4. The fourth-order valence-electron chi connectivity index (χ4n) is 2.50. The molecule has 1 heterocycles. The molecule has 0 saturated carbocycles. The van der Waals surface area contributed by atoms with Crippen molar-refractivity contribution in [1.29, 1.82) is 0 Å². The monoisotopic (exact) mass is 364 g/mol. The first-order valence-electron chi connectivity index (χ1n) is 6.44. The Kier molecular flexibility index (Phi) is 6.85. The summed E-state index contributed by atoms with van der Waals surface area (Å²) in [4.78, 5) is 1.44. The second-order valence-electron chi connectivity index (χ2n) is 4.90. The number of alkyl halides is 3. The van der Waals surface area contributed by atoms with Crippen LogP contribution in [0.25, 0.3) is 0 Å². The van der Waals surface area contributed by atoms with Crippen molar-refractivity contribution in [2.45, 2.75) is 18.6 Å². The molecule has 1 fully saturated rings. The number of halogens is 7. The van der Waals surface area contributed by atoms with E-state index in [0.717, 1.165) is 12.1 Å². The summed E-state index contributed by atoms with van der Waals surface area (Å²) >= 11 is 5.52. The molecule has 0 bridgehead atoms. The minimum atomic E-state index is -4.52. The minimum Gasteiger partial charge on any atom is -0.314 e. The number of nitrogens with one attached hydrogen (secondary N) is 1. The van der Waals surface area contributed by atoms with Crippen molar-refractivity contribution in [1.82, 2.24) is 10.2 Å². The van der Waals surface area contributed by atoms with E-state index in [1.165, 1.54) is 4.90 Å². The first-order chi connectivity index (χ1) is 9.78. The molecule has 0 aliphatic carbocycles. The van der Waals surface area contributed by atoms with E-state index in [-0.39, 0.29) is 17.4 Å². The van der Waals surface area contributed by atoms with E-state index < -0.39 is 35.8 Å². The van der Waals surface area contributed by atoms with E-state index in [1.54, 1.807) is 0 Å². The van der Waals surface area contributed by atoms with Gasteiger partial charge in [0.25, 0.3) is 0 Å². The van der Waals surface area contributed by atoms with E-state index in [2.05, 4.69) is 5.32 Å². The van der Waals surface area contributed by atoms with Crippen molar-refractivity contribution < 1.29 is 22.0 Å². The summed E-state index contributed by atoms with van der Waals surface area (Å²) < 4.78 is 66.2. The SMILES string of the molecule is Cl.Fc1cc(Cl)cc(F)c1[C@H](CC(F)(F)F)N1CCNCC1. The lowest BCUT2D eigenvalue weighted by molar-refractivity contribution is -0.149. The standard InChI is InChI=1S/C13H14ClF5N2.ClH/c14-8-5-9(15)12(10(16)6-8)11(7-13(17,18)19)21-3-1-20-2-4-21;/h5-6,11,20H,1-4,7H2;1H/t11-;/m0./s1. The third kappa shape index (κ3) is 4.94. The predicted octanol–water partition coefficient (Wildman–Crippen LogP) is 3.94.